The van der Waals surface area contributed by atoms with Crippen LogP contribution < -0.4 is 9.47 Å². The molecule has 0 aromatic heterocycles. The van der Waals surface area contributed by atoms with Crippen molar-refractivity contribution in [3.8, 4) is 11.5 Å². The molecule has 3 rings (SSSR count). The third-order valence-electron chi connectivity index (χ3n) is 3.08. The lowest BCUT2D eigenvalue weighted by Gasteiger charge is -2.05. The molecule has 2 saturated carbocycles. The zero-order valence-electron chi connectivity index (χ0n) is 9.93. The van der Waals surface area contributed by atoms with E-state index >= 15 is 0 Å². The maximum Gasteiger partial charge on any atom is 0.314 e. The van der Waals surface area contributed by atoms with E-state index in [-0.39, 0.29) is 23.8 Å². The van der Waals surface area contributed by atoms with E-state index in [1.807, 2.05) is 0 Å². The maximum atomic E-state index is 11.4. The summed E-state index contributed by atoms with van der Waals surface area (Å²) < 4.78 is 10.4. The molecule has 4 nitrogen and oxygen atoms in total. The molecule has 0 N–H and O–H groups in total. The summed E-state index contributed by atoms with van der Waals surface area (Å²) in [6, 6.07) is 6.59. The van der Waals surface area contributed by atoms with Crippen LogP contribution >= 0.6 is 0 Å². The van der Waals surface area contributed by atoms with Crippen LogP contribution in [0.2, 0.25) is 0 Å². The van der Waals surface area contributed by atoms with Gasteiger partial charge in [-0.05, 0) is 49.9 Å². The number of hydrogen-bond acceptors (Lipinski definition) is 4. The van der Waals surface area contributed by atoms with E-state index in [1.54, 1.807) is 24.3 Å². The lowest BCUT2D eigenvalue weighted by Crippen LogP contribution is -2.11. The molecule has 4 heteroatoms. The van der Waals surface area contributed by atoms with E-state index in [9.17, 15) is 9.59 Å². The average Bonchev–Trinajstić information content (AvgIpc) is 3.22. The van der Waals surface area contributed by atoms with Gasteiger partial charge in [0, 0.05) is 0 Å². The fourth-order valence-electron chi connectivity index (χ4n) is 1.61. The first-order valence-corrected chi connectivity index (χ1v) is 6.26. The van der Waals surface area contributed by atoms with Crippen molar-refractivity contribution in [2.75, 3.05) is 0 Å². The van der Waals surface area contributed by atoms with Crippen molar-refractivity contribution in [1.29, 1.82) is 0 Å². The molecule has 2 aliphatic rings. The first-order chi connectivity index (χ1) is 8.72. The Kier molecular flexibility index (Phi) is 2.78. The minimum atomic E-state index is -0.169. The molecule has 0 bridgehead atoms. The highest BCUT2D eigenvalue weighted by atomic mass is 16.5. The Labute approximate surface area is 105 Å². The second-order valence-electron chi connectivity index (χ2n) is 4.86. The molecule has 0 spiro atoms. The van der Waals surface area contributed by atoms with E-state index in [4.69, 9.17) is 9.47 Å². The molecule has 94 valence electrons. The molecule has 1 aromatic carbocycles. The summed E-state index contributed by atoms with van der Waals surface area (Å²) in [5.74, 6) is 0.821. The number of benzene rings is 1. The summed E-state index contributed by atoms with van der Waals surface area (Å²) in [6.07, 6.45) is 3.71. The van der Waals surface area contributed by atoms with E-state index < -0.39 is 0 Å². The van der Waals surface area contributed by atoms with Crippen LogP contribution in [-0.2, 0) is 9.59 Å². The number of esters is 2. The minimum absolute atomic E-state index is 0.0809. The molecule has 0 atom stereocenters. The second-order valence-corrected chi connectivity index (χ2v) is 4.86. The standard InChI is InChI=1S/C14H14O4/c15-13(9-1-2-9)17-11-5-7-12(8-6-11)18-14(16)10-3-4-10/h5-10H,1-4H2. The van der Waals surface area contributed by atoms with Gasteiger partial charge >= 0.3 is 11.9 Å². The Morgan fingerprint density at radius 1 is 0.778 bits per heavy atom. The van der Waals surface area contributed by atoms with Crippen molar-refractivity contribution < 1.29 is 19.1 Å². The summed E-state index contributed by atoms with van der Waals surface area (Å²) >= 11 is 0. The average molecular weight is 246 g/mol. The smallest absolute Gasteiger partial charge is 0.314 e. The predicted molar refractivity (Wildman–Crippen MR) is 63.2 cm³/mol. The summed E-state index contributed by atoms with van der Waals surface area (Å²) in [5, 5.41) is 0. The van der Waals surface area contributed by atoms with E-state index in [0.29, 0.717) is 11.5 Å². The van der Waals surface area contributed by atoms with Gasteiger partial charge in [0.15, 0.2) is 0 Å². The van der Waals surface area contributed by atoms with Crippen LogP contribution in [0.25, 0.3) is 0 Å². The SMILES string of the molecule is O=C(Oc1ccc(OC(=O)C2CC2)cc1)C1CC1. The first-order valence-electron chi connectivity index (χ1n) is 6.26. The Hall–Kier alpha value is -1.84. The second kappa shape index (κ2) is 4.44. The van der Waals surface area contributed by atoms with Gasteiger partial charge in [-0.3, -0.25) is 9.59 Å². The number of carbonyl (C=O) groups excluding carboxylic acids is 2. The van der Waals surface area contributed by atoms with Crippen molar-refractivity contribution in [2.24, 2.45) is 11.8 Å². The van der Waals surface area contributed by atoms with Crippen LogP contribution in [-0.4, -0.2) is 11.9 Å². The van der Waals surface area contributed by atoms with Crippen molar-refractivity contribution in [3.05, 3.63) is 24.3 Å². The lowest BCUT2D eigenvalue weighted by molar-refractivity contribution is -0.136. The summed E-state index contributed by atoms with van der Waals surface area (Å²) in [6.45, 7) is 0. The zero-order chi connectivity index (χ0) is 12.5. The number of hydrogen-bond donors (Lipinski definition) is 0. The van der Waals surface area contributed by atoms with Crippen LogP contribution in [0.4, 0.5) is 0 Å². The Balaban J connectivity index is 1.57. The van der Waals surface area contributed by atoms with Gasteiger partial charge in [-0.25, -0.2) is 0 Å². The Morgan fingerprint density at radius 3 is 1.39 bits per heavy atom. The topological polar surface area (TPSA) is 52.6 Å². The molecule has 18 heavy (non-hydrogen) atoms. The van der Waals surface area contributed by atoms with Gasteiger partial charge in [-0.2, -0.15) is 0 Å². The van der Waals surface area contributed by atoms with Crippen molar-refractivity contribution >= 4 is 11.9 Å². The van der Waals surface area contributed by atoms with Gasteiger partial charge < -0.3 is 9.47 Å². The van der Waals surface area contributed by atoms with Crippen LogP contribution in [0.5, 0.6) is 11.5 Å². The van der Waals surface area contributed by atoms with Crippen LogP contribution in [0.3, 0.4) is 0 Å². The van der Waals surface area contributed by atoms with Gasteiger partial charge in [0.2, 0.25) is 0 Å². The third-order valence-corrected chi connectivity index (χ3v) is 3.08. The van der Waals surface area contributed by atoms with Gasteiger partial charge in [0.05, 0.1) is 11.8 Å². The highest BCUT2D eigenvalue weighted by molar-refractivity contribution is 5.78. The number of rotatable bonds is 4. The molecule has 0 aliphatic heterocycles. The Bertz CT molecular complexity index is 424. The zero-order valence-corrected chi connectivity index (χ0v) is 9.93. The quantitative estimate of drug-likeness (QED) is 0.604. The van der Waals surface area contributed by atoms with Crippen molar-refractivity contribution in [1.82, 2.24) is 0 Å². The van der Waals surface area contributed by atoms with Gasteiger partial charge in [-0.1, -0.05) is 0 Å². The van der Waals surface area contributed by atoms with E-state index in [1.165, 1.54) is 0 Å². The molecule has 1 aromatic rings. The monoisotopic (exact) mass is 246 g/mol. The third kappa shape index (κ3) is 2.70. The van der Waals surface area contributed by atoms with Gasteiger partial charge in [-0.15, -0.1) is 0 Å². The molecule has 0 saturated heterocycles. The normalized spacial score (nSPS) is 18.2. The van der Waals surface area contributed by atoms with E-state index in [0.717, 1.165) is 25.7 Å². The molecule has 2 fully saturated rings. The first kappa shape index (κ1) is 11.3. The largest absolute Gasteiger partial charge is 0.426 e. The van der Waals surface area contributed by atoms with Gasteiger partial charge in [0.25, 0.3) is 0 Å². The van der Waals surface area contributed by atoms with Gasteiger partial charge in [0.1, 0.15) is 11.5 Å². The summed E-state index contributed by atoms with van der Waals surface area (Å²) in [5.41, 5.74) is 0. The lowest BCUT2D eigenvalue weighted by atomic mass is 10.3. The molecule has 2 aliphatic carbocycles. The molecule has 0 radical (unpaired) electrons. The molecule has 0 amide bonds. The molecular formula is C14H14O4. The predicted octanol–water partition coefficient (Wildman–Crippen LogP) is 2.32. The van der Waals surface area contributed by atoms with Crippen LogP contribution in [0, 0.1) is 11.8 Å². The number of carbonyl (C=O) groups is 2. The maximum absolute atomic E-state index is 11.4. The minimum Gasteiger partial charge on any atom is -0.426 e. The number of ether oxygens (including phenoxy) is 2. The fourth-order valence-corrected chi connectivity index (χ4v) is 1.61. The molecule has 0 heterocycles. The molecule has 0 unspecified atom stereocenters. The molecular weight excluding hydrogens is 232 g/mol. The van der Waals surface area contributed by atoms with Crippen molar-refractivity contribution in [3.63, 3.8) is 0 Å². The van der Waals surface area contributed by atoms with Crippen molar-refractivity contribution in [2.45, 2.75) is 25.7 Å². The highest BCUT2D eigenvalue weighted by Gasteiger charge is 2.32. The summed E-state index contributed by atoms with van der Waals surface area (Å²) in [7, 11) is 0. The Morgan fingerprint density at radius 2 is 1.11 bits per heavy atom. The van der Waals surface area contributed by atoms with Crippen LogP contribution in [0.1, 0.15) is 25.7 Å². The van der Waals surface area contributed by atoms with E-state index in [2.05, 4.69) is 0 Å². The fraction of sp³-hybridized carbons (Fsp3) is 0.429. The highest BCUT2D eigenvalue weighted by Crippen LogP contribution is 2.32. The summed E-state index contributed by atoms with van der Waals surface area (Å²) in [4.78, 5) is 22.9. The van der Waals surface area contributed by atoms with Crippen LogP contribution in [0.15, 0.2) is 24.3 Å².